The van der Waals surface area contributed by atoms with Gasteiger partial charge in [-0.1, -0.05) is 0 Å². The Kier molecular flexibility index (Phi) is 4.95. The van der Waals surface area contributed by atoms with Gasteiger partial charge in [0.15, 0.2) is 0 Å². The monoisotopic (exact) mass is 341 g/mol. The first-order valence-corrected chi connectivity index (χ1v) is 8.95. The molecule has 2 heterocycles. The summed E-state index contributed by atoms with van der Waals surface area (Å²) in [6.45, 7) is 8.03. The minimum absolute atomic E-state index is 0.164. The van der Waals surface area contributed by atoms with Crippen LogP contribution in [0.5, 0.6) is 0 Å². The van der Waals surface area contributed by atoms with Crippen LogP contribution in [0, 0.1) is 0 Å². The fourth-order valence-electron chi connectivity index (χ4n) is 2.43. The Bertz CT molecular complexity index is 655. The highest BCUT2D eigenvalue weighted by Crippen LogP contribution is 2.21. The maximum absolute atomic E-state index is 12.7. The summed E-state index contributed by atoms with van der Waals surface area (Å²) in [4.78, 5) is 17.7. The predicted molar refractivity (Wildman–Crippen MR) is 85.4 cm³/mol. The summed E-state index contributed by atoms with van der Waals surface area (Å²) in [5, 5.41) is 0. The summed E-state index contributed by atoms with van der Waals surface area (Å²) in [7, 11) is -3.60. The molecule has 0 spiro atoms. The number of aromatic nitrogens is 1. The molecule has 1 aromatic rings. The Hall–Kier alpha value is -1.67. The number of carbonyl (C=O) groups is 1. The Morgan fingerprint density at radius 3 is 2.57 bits per heavy atom. The van der Waals surface area contributed by atoms with Crippen molar-refractivity contribution in [1.82, 2.24) is 14.2 Å². The minimum atomic E-state index is -3.60. The van der Waals surface area contributed by atoms with E-state index in [1.54, 1.807) is 38.7 Å². The van der Waals surface area contributed by atoms with Gasteiger partial charge in [0.05, 0.1) is 0 Å². The third-order valence-electron chi connectivity index (χ3n) is 3.46. The van der Waals surface area contributed by atoms with Crippen LogP contribution in [-0.4, -0.2) is 60.0 Å². The van der Waals surface area contributed by atoms with Crippen molar-refractivity contribution in [3.05, 3.63) is 24.5 Å². The van der Waals surface area contributed by atoms with Crippen molar-refractivity contribution >= 4 is 16.1 Å². The zero-order chi connectivity index (χ0) is 17.3. The molecule has 1 aliphatic heterocycles. The maximum Gasteiger partial charge on any atom is 0.410 e. The first-order chi connectivity index (χ1) is 10.6. The van der Waals surface area contributed by atoms with Crippen LogP contribution in [0.2, 0.25) is 0 Å². The molecular weight excluding hydrogens is 318 g/mol. The molecule has 1 amide bonds. The Labute approximate surface area is 137 Å². The van der Waals surface area contributed by atoms with Crippen LogP contribution in [-0.2, 0) is 14.8 Å². The number of pyridine rings is 1. The standard InChI is InChI=1S/C15H23N3O4S/c1-12-11-17(14(19)22-15(2,3)4)8-9-18(12)23(20,21)13-6-5-7-16-10-13/h5-7,10,12H,8-9,11H2,1-4H3. The van der Waals surface area contributed by atoms with Crippen molar-refractivity contribution in [3.8, 4) is 0 Å². The normalized spacial score (nSPS) is 20.3. The molecule has 1 unspecified atom stereocenters. The quantitative estimate of drug-likeness (QED) is 0.818. The van der Waals surface area contributed by atoms with E-state index in [2.05, 4.69) is 4.98 Å². The summed E-state index contributed by atoms with van der Waals surface area (Å²) >= 11 is 0. The van der Waals surface area contributed by atoms with Crippen molar-refractivity contribution in [2.75, 3.05) is 19.6 Å². The van der Waals surface area contributed by atoms with Crippen LogP contribution in [0.4, 0.5) is 4.79 Å². The minimum Gasteiger partial charge on any atom is -0.444 e. The van der Waals surface area contributed by atoms with Crippen molar-refractivity contribution in [1.29, 1.82) is 0 Å². The predicted octanol–water partition coefficient (Wildman–Crippen LogP) is 1.71. The summed E-state index contributed by atoms with van der Waals surface area (Å²) in [5.41, 5.74) is -0.570. The van der Waals surface area contributed by atoms with Gasteiger partial charge in [-0.25, -0.2) is 13.2 Å². The number of sulfonamides is 1. The van der Waals surface area contributed by atoms with E-state index in [0.717, 1.165) is 0 Å². The van der Waals surface area contributed by atoms with Gasteiger partial charge in [0.1, 0.15) is 10.5 Å². The van der Waals surface area contributed by atoms with E-state index in [-0.39, 0.29) is 17.5 Å². The Balaban J connectivity index is 2.09. The van der Waals surface area contributed by atoms with Gasteiger partial charge in [0, 0.05) is 38.1 Å². The largest absolute Gasteiger partial charge is 0.444 e. The summed E-state index contributed by atoms with van der Waals surface area (Å²) in [5.74, 6) is 0. The topological polar surface area (TPSA) is 79.8 Å². The molecule has 7 nitrogen and oxygen atoms in total. The molecular formula is C15H23N3O4S. The summed E-state index contributed by atoms with van der Waals surface area (Å²) in [6.07, 6.45) is 2.45. The highest BCUT2D eigenvalue weighted by atomic mass is 32.2. The van der Waals surface area contributed by atoms with Gasteiger partial charge in [0.2, 0.25) is 10.0 Å². The van der Waals surface area contributed by atoms with E-state index in [1.807, 2.05) is 0 Å². The summed E-state index contributed by atoms with van der Waals surface area (Å²) in [6, 6.07) is 2.78. The second-order valence-electron chi connectivity index (χ2n) is 6.58. The highest BCUT2D eigenvalue weighted by Gasteiger charge is 2.36. The van der Waals surface area contributed by atoms with Gasteiger partial charge in [-0.15, -0.1) is 0 Å². The van der Waals surface area contributed by atoms with E-state index in [0.29, 0.717) is 13.1 Å². The third-order valence-corrected chi connectivity index (χ3v) is 5.46. The number of nitrogens with zero attached hydrogens (tertiary/aromatic N) is 3. The number of carbonyl (C=O) groups excluding carboxylic acids is 1. The van der Waals surface area contributed by atoms with Crippen LogP contribution < -0.4 is 0 Å². The molecule has 0 bridgehead atoms. The lowest BCUT2D eigenvalue weighted by Gasteiger charge is -2.39. The molecule has 1 aliphatic rings. The van der Waals surface area contributed by atoms with E-state index < -0.39 is 21.7 Å². The molecule has 1 saturated heterocycles. The fraction of sp³-hybridized carbons (Fsp3) is 0.600. The molecule has 1 fully saturated rings. The number of piperazine rings is 1. The van der Waals surface area contributed by atoms with Crippen LogP contribution in [0.1, 0.15) is 27.7 Å². The highest BCUT2D eigenvalue weighted by molar-refractivity contribution is 7.89. The average Bonchev–Trinajstić information content (AvgIpc) is 2.46. The average molecular weight is 341 g/mol. The van der Waals surface area contributed by atoms with Crippen LogP contribution in [0.15, 0.2) is 29.4 Å². The molecule has 128 valence electrons. The lowest BCUT2D eigenvalue weighted by atomic mass is 10.2. The molecule has 0 aliphatic carbocycles. The van der Waals surface area contributed by atoms with Gasteiger partial charge in [-0.3, -0.25) is 4.98 Å². The lowest BCUT2D eigenvalue weighted by molar-refractivity contribution is 0.0143. The van der Waals surface area contributed by atoms with E-state index in [1.165, 1.54) is 22.8 Å². The second kappa shape index (κ2) is 6.45. The number of amides is 1. The van der Waals surface area contributed by atoms with Crippen LogP contribution in [0.3, 0.4) is 0 Å². The molecule has 1 atom stereocenters. The van der Waals surface area contributed by atoms with Crippen LogP contribution in [0.25, 0.3) is 0 Å². The Morgan fingerprint density at radius 2 is 2.04 bits per heavy atom. The number of rotatable bonds is 2. The zero-order valence-electron chi connectivity index (χ0n) is 13.9. The van der Waals surface area contributed by atoms with E-state index in [9.17, 15) is 13.2 Å². The molecule has 0 aromatic carbocycles. The molecule has 0 radical (unpaired) electrons. The van der Waals surface area contributed by atoms with E-state index in [4.69, 9.17) is 4.74 Å². The first-order valence-electron chi connectivity index (χ1n) is 7.51. The van der Waals surface area contributed by atoms with Crippen molar-refractivity contribution in [2.24, 2.45) is 0 Å². The number of ether oxygens (including phenoxy) is 1. The Morgan fingerprint density at radius 1 is 1.35 bits per heavy atom. The van der Waals surface area contributed by atoms with Gasteiger partial charge >= 0.3 is 6.09 Å². The first kappa shape index (κ1) is 17.7. The van der Waals surface area contributed by atoms with Crippen molar-refractivity contribution < 1.29 is 17.9 Å². The van der Waals surface area contributed by atoms with E-state index >= 15 is 0 Å². The molecule has 0 saturated carbocycles. The molecule has 2 rings (SSSR count). The van der Waals surface area contributed by atoms with Gasteiger partial charge in [-0.05, 0) is 39.8 Å². The van der Waals surface area contributed by atoms with Gasteiger partial charge in [0.25, 0.3) is 0 Å². The second-order valence-corrected chi connectivity index (χ2v) is 8.47. The van der Waals surface area contributed by atoms with Gasteiger partial charge in [-0.2, -0.15) is 4.31 Å². The van der Waals surface area contributed by atoms with Gasteiger partial charge < -0.3 is 9.64 Å². The smallest absolute Gasteiger partial charge is 0.410 e. The molecule has 0 N–H and O–H groups in total. The third kappa shape index (κ3) is 4.20. The number of hydrogen-bond acceptors (Lipinski definition) is 5. The van der Waals surface area contributed by atoms with Crippen LogP contribution >= 0.6 is 0 Å². The molecule has 23 heavy (non-hydrogen) atoms. The molecule has 1 aromatic heterocycles. The zero-order valence-corrected chi connectivity index (χ0v) is 14.7. The summed E-state index contributed by atoms with van der Waals surface area (Å²) < 4.78 is 32.1. The van der Waals surface area contributed by atoms with Crippen molar-refractivity contribution in [3.63, 3.8) is 0 Å². The lowest BCUT2D eigenvalue weighted by Crippen LogP contribution is -2.56. The number of hydrogen-bond donors (Lipinski definition) is 0. The fourth-order valence-corrected chi connectivity index (χ4v) is 4.00. The van der Waals surface area contributed by atoms with Crippen molar-refractivity contribution in [2.45, 2.75) is 44.2 Å². The molecule has 8 heteroatoms. The maximum atomic E-state index is 12.7. The SMILES string of the molecule is CC1CN(C(=O)OC(C)(C)C)CCN1S(=O)(=O)c1cccnc1.